The average Bonchev–Trinajstić information content (AvgIpc) is 3.03. The van der Waals surface area contributed by atoms with Crippen LogP contribution in [0.3, 0.4) is 0 Å². The van der Waals surface area contributed by atoms with Gasteiger partial charge in [0.15, 0.2) is 0 Å². The number of halogens is 2. The van der Waals surface area contributed by atoms with Crippen LogP contribution in [0.5, 0.6) is 0 Å². The van der Waals surface area contributed by atoms with Crippen LogP contribution in [0.2, 0.25) is 0 Å². The summed E-state index contributed by atoms with van der Waals surface area (Å²) in [5.74, 6) is 0.700. The van der Waals surface area contributed by atoms with Gasteiger partial charge in [-0.25, -0.2) is 0 Å². The topological polar surface area (TPSA) is 62.2 Å². The smallest absolute Gasteiger partial charge is 0.246 e. The minimum atomic E-state index is -0.418. The fourth-order valence-electron chi connectivity index (χ4n) is 3.63. The molecule has 2 aromatic rings. The van der Waals surface area contributed by atoms with Gasteiger partial charge in [-0.05, 0) is 50.0 Å². The highest BCUT2D eigenvalue weighted by molar-refractivity contribution is 5.95. The maximum Gasteiger partial charge on any atom is 0.246 e. The molecule has 0 saturated carbocycles. The van der Waals surface area contributed by atoms with Gasteiger partial charge in [0.2, 0.25) is 5.91 Å². The molecule has 2 atom stereocenters. The van der Waals surface area contributed by atoms with E-state index in [1.54, 1.807) is 17.9 Å². The first-order valence-corrected chi connectivity index (χ1v) is 9.33. The van der Waals surface area contributed by atoms with Crippen LogP contribution in [0, 0.1) is 5.92 Å². The van der Waals surface area contributed by atoms with E-state index in [1.165, 1.54) is 31.5 Å². The third kappa shape index (κ3) is 6.48. The van der Waals surface area contributed by atoms with Gasteiger partial charge in [-0.15, -0.1) is 24.8 Å². The first-order valence-electron chi connectivity index (χ1n) is 9.33. The molecule has 0 spiro atoms. The second-order valence-corrected chi connectivity index (χ2v) is 7.34. The number of carbonyl (C=O) groups excluding carboxylic acids is 1. The number of carbonyl (C=O) groups is 1. The van der Waals surface area contributed by atoms with Gasteiger partial charge in [0.1, 0.15) is 6.04 Å². The van der Waals surface area contributed by atoms with Gasteiger partial charge < -0.3 is 10.6 Å². The number of aromatic nitrogens is 2. The van der Waals surface area contributed by atoms with Crippen LogP contribution in [0.1, 0.15) is 36.9 Å². The number of rotatable bonds is 6. The Morgan fingerprint density at radius 1 is 1.29 bits per heavy atom. The molecule has 1 aromatic carbocycles. The SMILES string of the molecule is CNC(C(=O)Nc1ccc(CN2CCCC(C)C2)cc1)c1cnn(C)c1.Cl.Cl. The number of piperidine rings is 1. The van der Waals surface area contributed by atoms with Crippen molar-refractivity contribution in [1.29, 1.82) is 0 Å². The zero-order chi connectivity index (χ0) is 18.5. The lowest BCUT2D eigenvalue weighted by Gasteiger charge is -2.30. The molecule has 2 heterocycles. The number of nitrogens with one attached hydrogen (secondary N) is 2. The van der Waals surface area contributed by atoms with Gasteiger partial charge in [-0.2, -0.15) is 5.10 Å². The molecule has 156 valence electrons. The molecule has 0 aliphatic carbocycles. The second kappa shape index (κ2) is 11.4. The van der Waals surface area contributed by atoms with Crippen molar-refractivity contribution >= 4 is 36.4 Å². The Morgan fingerprint density at radius 2 is 2.00 bits per heavy atom. The predicted octanol–water partition coefficient (Wildman–Crippen LogP) is 3.39. The van der Waals surface area contributed by atoms with Crippen molar-refractivity contribution in [3.63, 3.8) is 0 Å². The molecule has 1 fully saturated rings. The molecule has 6 nitrogen and oxygen atoms in total. The van der Waals surface area contributed by atoms with E-state index in [0.717, 1.165) is 23.7 Å². The molecule has 1 amide bonds. The maximum atomic E-state index is 12.6. The summed E-state index contributed by atoms with van der Waals surface area (Å²) in [5, 5.41) is 10.2. The highest BCUT2D eigenvalue weighted by Gasteiger charge is 2.20. The highest BCUT2D eigenvalue weighted by Crippen LogP contribution is 2.20. The standard InChI is InChI=1S/C20H29N5O.2ClH/c1-15-5-4-10-25(12-15)13-16-6-8-18(9-7-16)23-20(26)19(21-2)17-11-22-24(3)14-17;;/h6-9,11,14-15,19,21H,4-5,10,12-13H2,1-3H3,(H,23,26);2*1H. The molecule has 1 aromatic heterocycles. The maximum absolute atomic E-state index is 12.6. The number of hydrogen-bond donors (Lipinski definition) is 2. The summed E-state index contributed by atoms with van der Waals surface area (Å²) in [4.78, 5) is 15.1. The van der Waals surface area contributed by atoms with E-state index in [-0.39, 0.29) is 30.7 Å². The predicted molar refractivity (Wildman–Crippen MR) is 118 cm³/mol. The van der Waals surface area contributed by atoms with E-state index in [4.69, 9.17) is 0 Å². The normalized spacial score (nSPS) is 17.9. The van der Waals surface area contributed by atoms with Gasteiger partial charge >= 0.3 is 0 Å². The van der Waals surface area contributed by atoms with Crippen LogP contribution in [0.15, 0.2) is 36.7 Å². The molecule has 2 unspecified atom stereocenters. The third-order valence-electron chi connectivity index (χ3n) is 4.98. The number of anilines is 1. The van der Waals surface area contributed by atoms with Crippen LogP contribution in [0.4, 0.5) is 5.69 Å². The van der Waals surface area contributed by atoms with Crippen molar-refractivity contribution in [2.45, 2.75) is 32.4 Å². The van der Waals surface area contributed by atoms with Crippen LogP contribution in [-0.4, -0.2) is 40.7 Å². The first kappa shape index (κ1) is 24.4. The number of likely N-dealkylation sites (N-methyl/N-ethyl adjacent to an activating group) is 1. The summed E-state index contributed by atoms with van der Waals surface area (Å²) in [5.41, 5.74) is 2.95. The van der Waals surface area contributed by atoms with E-state index in [9.17, 15) is 4.79 Å². The summed E-state index contributed by atoms with van der Waals surface area (Å²) in [6.45, 7) is 5.66. The number of likely N-dealkylation sites (tertiary alicyclic amines) is 1. The van der Waals surface area contributed by atoms with E-state index in [0.29, 0.717) is 0 Å². The fraction of sp³-hybridized carbons (Fsp3) is 0.500. The number of benzene rings is 1. The Balaban J connectivity index is 0.00000196. The quantitative estimate of drug-likeness (QED) is 0.741. The number of amides is 1. The summed E-state index contributed by atoms with van der Waals surface area (Å²) in [7, 11) is 3.62. The molecular formula is C20H31Cl2N5O. The van der Waals surface area contributed by atoms with Gasteiger partial charge in [0.05, 0.1) is 6.20 Å². The molecule has 1 aliphatic rings. The molecule has 2 N–H and O–H groups in total. The van der Waals surface area contributed by atoms with Crippen molar-refractivity contribution in [3.8, 4) is 0 Å². The van der Waals surface area contributed by atoms with Crippen LogP contribution in [0.25, 0.3) is 0 Å². The lowest BCUT2D eigenvalue weighted by Crippen LogP contribution is -2.33. The molecule has 3 rings (SSSR count). The molecule has 1 saturated heterocycles. The minimum Gasteiger partial charge on any atom is -0.324 e. The molecule has 28 heavy (non-hydrogen) atoms. The van der Waals surface area contributed by atoms with Crippen LogP contribution >= 0.6 is 24.8 Å². The molecule has 1 aliphatic heterocycles. The number of nitrogens with zero attached hydrogens (tertiary/aromatic N) is 3. The van der Waals surface area contributed by atoms with Crippen molar-refractivity contribution in [2.75, 3.05) is 25.5 Å². The molecule has 8 heteroatoms. The Bertz CT molecular complexity index is 734. The molecule has 0 bridgehead atoms. The Hall–Kier alpha value is -1.60. The van der Waals surface area contributed by atoms with Crippen LogP contribution < -0.4 is 10.6 Å². The van der Waals surface area contributed by atoms with Gasteiger partial charge in [-0.1, -0.05) is 19.1 Å². The van der Waals surface area contributed by atoms with Crippen molar-refractivity contribution < 1.29 is 4.79 Å². The molecule has 0 radical (unpaired) electrons. The summed E-state index contributed by atoms with van der Waals surface area (Å²) in [6, 6.07) is 7.76. The fourth-order valence-corrected chi connectivity index (χ4v) is 3.63. The summed E-state index contributed by atoms with van der Waals surface area (Å²) in [6.07, 6.45) is 6.19. The zero-order valence-corrected chi connectivity index (χ0v) is 18.4. The van der Waals surface area contributed by atoms with Crippen LogP contribution in [-0.2, 0) is 18.4 Å². The third-order valence-corrected chi connectivity index (χ3v) is 4.98. The Labute approximate surface area is 179 Å². The lowest BCUT2D eigenvalue weighted by atomic mass is 10.00. The van der Waals surface area contributed by atoms with E-state index < -0.39 is 6.04 Å². The monoisotopic (exact) mass is 427 g/mol. The lowest BCUT2D eigenvalue weighted by molar-refractivity contribution is -0.118. The van der Waals surface area contributed by atoms with Gasteiger partial charge in [0.25, 0.3) is 0 Å². The van der Waals surface area contributed by atoms with Crippen molar-refractivity contribution in [2.24, 2.45) is 13.0 Å². The molecular weight excluding hydrogens is 397 g/mol. The first-order chi connectivity index (χ1) is 12.5. The van der Waals surface area contributed by atoms with E-state index in [2.05, 4.69) is 39.7 Å². The van der Waals surface area contributed by atoms with Crippen molar-refractivity contribution in [1.82, 2.24) is 20.0 Å². The number of hydrogen-bond acceptors (Lipinski definition) is 4. The Morgan fingerprint density at radius 3 is 2.57 bits per heavy atom. The van der Waals surface area contributed by atoms with Gasteiger partial charge in [0, 0.05) is 37.6 Å². The van der Waals surface area contributed by atoms with Crippen molar-refractivity contribution in [3.05, 3.63) is 47.8 Å². The zero-order valence-electron chi connectivity index (χ0n) is 16.7. The number of aryl methyl sites for hydroxylation is 1. The second-order valence-electron chi connectivity index (χ2n) is 7.34. The summed E-state index contributed by atoms with van der Waals surface area (Å²) < 4.78 is 1.70. The van der Waals surface area contributed by atoms with E-state index >= 15 is 0 Å². The van der Waals surface area contributed by atoms with E-state index in [1.807, 2.05) is 25.4 Å². The average molecular weight is 428 g/mol. The summed E-state index contributed by atoms with van der Waals surface area (Å²) >= 11 is 0. The Kier molecular flexibility index (Phi) is 9.96. The highest BCUT2D eigenvalue weighted by atomic mass is 35.5. The minimum absolute atomic E-state index is 0. The largest absolute Gasteiger partial charge is 0.324 e. The van der Waals surface area contributed by atoms with Gasteiger partial charge in [-0.3, -0.25) is 14.4 Å².